The normalized spacial score (nSPS) is 21.9. The molecule has 0 aromatic heterocycles. The van der Waals surface area contributed by atoms with Crippen molar-refractivity contribution in [3.05, 3.63) is 71.3 Å². The molecule has 7 nitrogen and oxygen atoms in total. The summed E-state index contributed by atoms with van der Waals surface area (Å²) in [7, 11) is 0. The Bertz CT molecular complexity index is 1100. The number of nitrogens with one attached hydrogen (secondary N) is 1. The lowest BCUT2D eigenvalue weighted by atomic mass is 9.55. The van der Waals surface area contributed by atoms with Gasteiger partial charge in [0.05, 0.1) is 17.7 Å². The standard InChI is InChI=1S/C29H38N2O5/c1-7-11-20-12-9-10-13-21(20)27(34)36-31-24(32)18-19-16-22-26(23(17-19)30-35-25(33)8-2)29(5,6)15-14-28(22,3)4/h7,9-10,12-13,16-17,25-26,33H,1,8,11,14-15,18H2,2-6H3,(H,31,32)/b30-23+. The Kier molecular flexibility index (Phi) is 8.56. The minimum atomic E-state index is -0.991. The van der Waals surface area contributed by atoms with Gasteiger partial charge >= 0.3 is 5.97 Å². The molecule has 1 fully saturated rings. The van der Waals surface area contributed by atoms with Crippen LogP contribution in [0.25, 0.3) is 0 Å². The van der Waals surface area contributed by atoms with Crippen molar-refractivity contribution in [3.8, 4) is 0 Å². The molecule has 0 saturated heterocycles. The molecule has 1 aromatic carbocycles. The first-order valence-corrected chi connectivity index (χ1v) is 12.5. The molecule has 1 amide bonds. The SMILES string of the molecule is C=CCc1ccccc1C(=O)ONC(=O)CC1=C/C(=N\OC(O)CC)C2C(=C1)C(C)(C)CCC2(C)C. The van der Waals surface area contributed by atoms with Gasteiger partial charge < -0.3 is 14.8 Å². The highest BCUT2D eigenvalue weighted by Crippen LogP contribution is 2.54. The number of carbonyl (C=O) groups excluding carboxylic acids is 2. The average Bonchev–Trinajstić information content (AvgIpc) is 2.84. The van der Waals surface area contributed by atoms with E-state index in [2.05, 4.69) is 51.0 Å². The first-order valence-electron chi connectivity index (χ1n) is 12.5. The Labute approximate surface area is 213 Å². The number of hydroxylamine groups is 1. The third kappa shape index (κ3) is 6.32. The number of oxime groups is 1. The molecule has 0 radical (unpaired) electrons. The van der Waals surface area contributed by atoms with Gasteiger partial charge in [0.25, 0.3) is 5.91 Å². The molecule has 2 atom stereocenters. The predicted octanol–water partition coefficient (Wildman–Crippen LogP) is 5.42. The van der Waals surface area contributed by atoms with Crippen molar-refractivity contribution in [2.24, 2.45) is 21.9 Å². The maximum Gasteiger partial charge on any atom is 0.363 e. The number of aliphatic hydroxyl groups is 1. The third-order valence-corrected chi connectivity index (χ3v) is 7.09. The molecule has 0 bridgehead atoms. The molecule has 7 heteroatoms. The van der Waals surface area contributed by atoms with Gasteiger partial charge in [-0.25, -0.2) is 4.79 Å². The number of allylic oxidation sites excluding steroid dienone is 4. The van der Waals surface area contributed by atoms with Crippen molar-refractivity contribution in [1.29, 1.82) is 0 Å². The minimum absolute atomic E-state index is 0.00364. The van der Waals surface area contributed by atoms with Crippen LogP contribution in [0.1, 0.15) is 76.2 Å². The highest BCUT2D eigenvalue weighted by Gasteiger charge is 2.47. The molecule has 36 heavy (non-hydrogen) atoms. The van der Waals surface area contributed by atoms with Crippen molar-refractivity contribution in [2.45, 2.75) is 73.0 Å². The van der Waals surface area contributed by atoms with Crippen molar-refractivity contribution < 1.29 is 24.4 Å². The van der Waals surface area contributed by atoms with E-state index in [1.807, 2.05) is 25.1 Å². The fourth-order valence-electron chi connectivity index (χ4n) is 4.90. The summed E-state index contributed by atoms with van der Waals surface area (Å²) in [6, 6.07) is 7.05. The number of amides is 1. The van der Waals surface area contributed by atoms with Gasteiger partial charge in [-0.15, -0.1) is 6.58 Å². The second-order valence-electron chi connectivity index (χ2n) is 10.9. The van der Waals surface area contributed by atoms with E-state index in [-0.39, 0.29) is 23.2 Å². The second kappa shape index (κ2) is 11.2. The van der Waals surface area contributed by atoms with Gasteiger partial charge in [0, 0.05) is 12.3 Å². The van der Waals surface area contributed by atoms with Gasteiger partial charge in [-0.3, -0.25) is 4.79 Å². The number of hydrogen-bond donors (Lipinski definition) is 2. The molecular weight excluding hydrogens is 456 g/mol. The maximum atomic E-state index is 12.7. The van der Waals surface area contributed by atoms with Crippen molar-refractivity contribution in [3.63, 3.8) is 0 Å². The smallest absolute Gasteiger partial charge is 0.363 e. The quantitative estimate of drug-likeness (QED) is 0.286. The highest BCUT2D eigenvalue weighted by molar-refractivity contribution is 6.02. The van der Waals surface area contributed by atoms with E-state index >= 15 is 0 Å². The van der Waals surface area contributed by atoms with Gasteiger partial charge in [0.15, 0.2) is 0 Å². The lowest BCUT2D eigenvalue weighted by molar-refractivity contribution is -0.129. The predicted molar refractivity (Wildman–Crippen MR) is 140 cm³/mol. The van der Waals surface area contributed by atoms with Crippen molar-refractivity contribution in [2.75, 3.05) is 0 Å². The summed E-state index contributed by atoms with van der Waals surface area (Å²) < 4.78 is 0. The summed E-state index contributed by atoms with van der Waals surface area (Å²) in [5.41, 5.74) is 5.92. The van der Waals surface area contributed by atoms with E-state index in [0.29, 0.717) is 24.1 Å². The monoisotopic (exact) mass is 494 g/mol. The summed E-state index contributed by atoms with van der Waals surface area (Å²) in [6.07, 6.45) is 7.60. The molecule has 1 saturated carbocycles. The van der Waals surface area contributed by atoms with Gasteiger partial charge in [0.1, 0.15) is 0 Å². The van der Waals surface area contributed by atoms with Crippen LogP contribution in [-0.4, -0.2) is 29.0 Å². The number of carbonyl (C=O) groups is 2. The first-order chi connectivity index (χ1) is 17.0. The van der Waals surface area contributed by atoms with E-state index in [4.69, 9.17) is 9.68 Å². The topological polar surface area (TPSA) is 97.2 Å². The van der Waals surface area contributed by atoms with Crippen molar-refractivity contribution in [1.82, 2.24) is 5.48 Å². The van der Waals surface area contributed by atoms with Crippen LogP contribution in [0.2, 0.25) is 0 Å². The van der Waals surface area contributed by atoms with Crippen LogP contribution in [0, 0.1) is 16.7 Å². The molecular formula is C29H38N2O5. The van der Waals surface area contributed by atoms with Crippen molar-refractivity contribution >= 4 is 17.6 Å². The van der Waals surface area contributed by atoms with E-state index in [1.165, 1.54) is 5.57 Å². The third-order valence-electron chi connectivity index (χ3n) is 7.09. The van der Waals surface area contributed by atoms with Crippen LogP contribution in [0.15, 0.2) is 65.4 Å². The highest BCUT2D eigenvalue weighted by atomic mass is 16.7. The molecule has 194 valence electrons. The Morgan fingerprint density at radius 1 is 1.22 bits per heavy atom. The number of hydrogen-bond acceptors (Lipinski definition) is 6. The second-order valence-corrected chi connectivity index (χ2v) is 10.9. The number of aliphatic hydroxyl groups excluding tert-OH is 1. The number of benzene rings is 1. The molecule has 2 unspecified atom stereocenters. The van der Waals surface area contributed by atoms with Gasteiger partial charge in [-0.1, -0.05) is 75.7 Å². The van der Waals surface area contributed by atoms with E-state index in [1.54, 1.807) is 18.2 Å². The molecule has 1 aromatic rings. The van der Waals surface area contributed by atoms with E-state index in [0.717, 1.165) is 24.0 Å². The molecule has 2 N–H and O–H groups in total. The van der Waals surface area contributed by atoms with Crippen LogP contribution in [0.3, 0.4) is 0 Å². The molecule has 0 heterocycles. The van der Waals surface area contributed by atoms with Gasteiger partial charge in [-0.2, -0.15) is 5.48 Å². The van der Waals surface area contributed by atoms with Crippen LogP contribution in [0.5, 0.6) is 0 Å². The van der Waals surface area contributed by atoms with E-state index < -0.39 is 18.2 Å². The van der Waals surface area contributed by atoms with Crippen LogP contribution in [0.4, 0.5) is 0 Å². The number of fused-ring (bicyclic) bond motifs is 1. The molecule has 3 rings (SSSR count). The Balaban J connectivity index is 1.79. The zero-order chi connectivity index (χ0) is 26.5. The molecule has 2 aliphatic carbocycles. The minimum Gasteiger partial charge on any atom is -0.364 e. The molecule has 0 aliphatic heterocycles. The zero-order valence-corrected chi connectivity index (χ0v) is 22.0. The molecule has 2 aliphatic rings. The Hall–Kier alpha value is -3.19. The summed E-state index contributed by atoms with van der Waals surface area (Å²) in [5, 5.41) is 14.2. The Morgan fingerprint density at radius 2 is 1.94 bits per heavy atom. The fourth-order valence-corrected chi connectivity index (χ4v) is 4.90. The van der Waals surface area contributed by atoms with Gasteiger partial charge in [-0.05, 0) is 53.4 Å². The largest absolute Gasteiger partial charge is 0.364 e. The van der Waals surface area contributed by atoms with E-state index in [9.17, 15) is 14.7 Å². The van der Waals surface area contributed by atoms with Crippen LogP contribution < -0.4 is 5.48 Å². The number of nitrogens with zero attached hydrogens (tertiary/aromatic N) is 1. The number of rotatable bonds is 8. The van der Waals surface area contributed by atoms with Crippen LogP contribution in [-0.2, 0) is 20.9 Å². The summed E-state index contributed by atoms with van der Waals surface area (Å²) in [5.74, 6) is -1.07. The maximum absolute atomic E-state index is 12.7. The molecule has 0 spiro atoms. The average molecular weight is 495 g/mol. The summed E-state index contributed by atoms with van der Waals surface area (Å²) >= 11 is 0. The zero-order valence-electron chi connectivity index (χ0n) is 22.0. The van der Waals surface area contributed by atoms with Gasteiger partial charge in [0.2, 0.25) is 6.29 Å². The first kappa shape index (κ1) is 27.4. The van der Waals surface area contributed by atoms with Crippen LogP contribution >= 0.6 is 0 Å². The Morgan fingerprint density at radius 3 is 2.64 bits per heavy atom. The lowest BCUT2D eigenvalue weighted by Crippen LogP contribution is -2.43. The fraction of sp³-hybridized carbons (Fsp3) is 0.483. The summed E-state index contributed by atoms with van der Waals surface area (Å²) in [6.45, 7) is 14.3. The summed E-state index contributed by atoms with van der Waals surface area (Å²) in [4.78, 5) is 35.8. The lowest BCUT2D eigenvalue weighted by Gasteiger charge is -2.49.